The van der Waals surface area contributed by atoms with E-state index in [1.54, 1.807) is 24.8 Å². The lowest BCUT2D eigenvalue weighted by molar-refractivity contribution is 1.19. The molecule has 0 aliphatic heterocycles. The van der Waals surface area contributed by atoms with E-state index in [-0.39, 0.29) is 0 Å². The number of nitrogen functional groups attached to an aromatic ring is 1. The van der Waals surface area contributed by atoms with Crippen molar-refractivity contribution in [1.82, 2.24) is 29.9 Å². The van der Waals surface area contributed by atoms with Crippen LogP contribution in [0.4, 0.5) is 40.2 Å². The molecule has 0 amide bonds. The Morgan fingerprint density at radius 1 is 0.421 bits per heavy atom. The normalized spacial score (nSPS) is 10.3. The fraction of sp³-hybridized carbons (Fsp3) is 0.0870. The maximum Gasteiger partial charge on any atom is 0.173 e. The number of aryl methyl sites for hydroxylation is 4. The first kappa shape index (κ1) is 39.5. The number of rotatable bonds is 8. The van der Waals surface area contributed by atoms with Gasteiger partial charge in [-0.05, 0) is 145 Å². The number of para-hydroxylation sites is 2. The number of aromatic nitrogens is 6. The van der Waals surface area contributed by atoms with Gasteiger partial charge in [-0.3, -0.25) is 9.97 Å². The summed E-state index contributed by atoms with van der Waals surface area (Å²) in [6.07, 6.45) is 13.8. The summed E-state index contributed by atoms with van der Waals surface area (Å²) in [5, 5.41) is 10.2. The quantitative estimate of drug-likeness (QED) is 0.110. The highest BCUT2D eigenvalue weighted by atomic mass is 35.5. The van der Waals surface area contributed by atoms with Crippen LogP contribution in [-0.2, 0) is 0 Å². The molecule has 10 nitrogen and oxygen atoms in total. The molecular formula is C46H43ClN10. The van der Waals surface area contributed by atoms with Crippen LogP contribution in [0.5, 0.6) is 0 Å². The fourth-order valence-corrected chi connectivity index (χ4v) is 6.51. The van der Waals surface area contributed by atoms with E-state index in [1.807, 2.05) is 122 Å². The van der Waals surface area contributed by atoms with Crippen molar-refractivity contribution in [3.63, 3.8) is 0 Å². The van der Waals surface area contributed by atoms with E-state index in [9.17, 15) is 0 Å². The van der Waals surface area contributed by atoms with Crippen LogP contribution in [0, 0.1) is 27.7 Å². The Bertz CT molecular complexity index is 2460. The number of nitrogens with two attached hydrogens (primary N) is 1. The maximum atomic E-state index is 5.84. The van der Waals surface area contributed by atoms with Gasteiger partial charge in [-0.1, -0.05) is 48.0 Å². The Morgan fingerprint density at radius 2 is 0.789 bits per heavy atom. The van der Waals surface area contributed by atoms with Crippen molar-refractivity contribution in [3.8, 4) is 22.3 Å². The molecule has 284 valence electrons. The van der Waals surface area contributed by atoms with Gasteiger partial charge in [0.15, 0.2) is 22.6 Å². The number of pyridine rings is 2. The molecule has 0 spiro atoms. The van der Waals surface area contributed by atoms with Gasteiger partial charge in [0.2, 0.25) is 0 Å². The van der Waals surface area contributed by atoms with Crippen LogP contribution >= 0.6 is 11.6 Å². The van der Waals surface area contributed by atoms with Crippen LogP contribution in [0.15, 0.2) is 159 Å². The highest BCUT2D eigenvalue weighted by Crippen LogP contribution is 2.32. The standard InChI is InChI=1S/C23H21N5.C13H14N2.C10H8ClN3/c1-16-14-20(15-17(2)21(16)18-8-10-24-11-9-18)28-23-22(25-12-13-26-23)27-19-6-4-3-5-7-19;1-9-7-12(14)8-10(2)13(9)11-3-5-15-6-4-11;11-9-10(13-7-6-12-9)14-8-4-2-1-3-5-8/h3-15H,1-2H3,(H,25,27)(H,26,28);3-8H,14H2,1-2H3;1-7H,(H,13,14). The van der Waals surface area contributed by atoms with Crippen LogP contribution < -0.4 is 21.7 Å². The first-order chi connectivity index (χ1) is 27.7. The van der Waals surface area contributed by atoms with Crippen molar-refractivity contribution in [2.45, 2.75) is 27.7 Å². The van der Waals surface area contributed by atoms with Crippen molar-refractivity contribution >= 4 is 51.8 Å². The van der Waals surface area contributed by atoms with Gasteiger partial charge < -0.3 is 21.7 Å². The van der Waals surface area contributed by atoms with Crippen LogP contribution in [0.1, 0.15) is 22.3 Å². The summed E-state index contributed by atoms with van der Waals surface area (Å²) < 4.78 is 0. The lowest BCUT2D eigenvalue weighted by atomic mass is 9.96. The molecule has 5 N–H and O–H groups in total. The third-order valence-corrected chi connectivity index (χ3v) is 8.99. The molecular weight excluding hydrogens is 728 g/mol. The number of nitrogens with one attached hydrogen (secondary N) is 3. The molecule has 0 aliphatic carbocycles. The average molecular weight is 771 g/mol. The van der Waals surface area contributed by atoms with Crippen LogP contribution in [0.25, 0.3) is 22.3 Å². The van der Waals surface area contributed by atoms with Gasteiger partial charge in [0, 0.05) is 72.3 Å². The Labute approximate surface area is 338 Å². The Balaban J connectivity index is 0.000000159. The average Bonchev–Trinajstić information content (AvgIpc) is 3.21. The summed E-state index contributed by atoms with van der Waals surface area (Å²) >= 11 is 5.84. The van der Waals surface area contributed by atoms with Crippen LogP contribution in [0.2, 0.25) is 5.15 Å². The zero-order chi connectivity index (χ0) is 40.0. The maximum absolute atomic E-state index is 5.84. The van der Waals surface area contributed by atoms with Gasteiger partial charge in [0.25, 0.3) is 0 Å². The summed E-state index contributed by atoms with van der Waals surface area (Å²) in [6.45, 7) is 8.40. The Kier molecular flexibility index (Phi) is 13.5. The highest BCUT2D eigenvalue weighted by Gasteiger charge is 2.11. The van der Waals surface area contributed by atoms with Crippen molar-refractivity contribution in [3.05, 3.63) is 186 Å². The van der Waals surface area contributed by atoms with E-state index in [4.69, 9.17) is 17.3 Å². The molecule has 0 unspecified atom stereocenters. The number of hydrogen-bond acceptors (Lipinski definition) is 10. The minimum Gasteiger partial charge on any atom is -0.399 e. The van der Waals surface area contributed by atoms with E-state index in [0.29, 0.717) is 22.6 Å². The van der Waals surface area contributed by atoms with Gasteiger partial charge in [-0.25, -0.2) is 19.9 Å². The molecule has 0 atom stereocenters. The van der Waals surface area contributed by atoms with Crippen molar-refractivity contribution in [2.75, 3.05) is 21.7 Å². The van der Waals surface area contributed by atoms with Gasteiger partial charge in [0.05, 0.1) is 0 Å². The topological polar surface area (TPSA) is 139 Å². The van der Waals surface area contributed by atoms with E-state index in [2.05, 4.69) is 85.7 Å². The number of nitrogens with zero attached hydrogens (tertiary/aromatic N) is 6. The second-order valence-corrected chi connectivity index (χ2v) is 13.4. The summed E-state index contributed by atoms with van der Waals surface area (Å²) in [5.74, 6) is 1.93. The SMILES string of the molecule is Cc1cc(N)cc(C)c1-c1ccncc1.Cc1cc(Nc2nccnc2Nc2ccccc2)cc(C)c1-c1ccncc1.Clc1nccnc1Nc1ccccc1. The largest absolute Gasteiger partial charge is 0.399 e. The number of benzene rings is 4. The molecule has 0 aliphatic rings. The lowest BCUT2D eigenvalue weighted by Crippen LogP contribution is -2.02. The van der Waals surface area contributed by atoms with Crippen molar-refractivity contribution < 1.29 is 0 Å². The number of anilines is 7. The van der Waals surface area contributed by atoms with Crippen LogP contribution in [0.3, 0.4) is 0 Å². The summed E-state index contributed by atoms with van der Waals surface area (Å²) in [7, 11) is 0. The van der Waals surface area contributed by atoms with Crippen molar-refractivity contribution in [1.29, 1.82) is 0 Å². The predicted octanol–water partition coefficient (Wildman–Crippen LogP) is 11.5. The molecule has 0 fully saturated rings. The molecule has 8 rings (SSSR count). The van der Waals surface area contributed by atoms with E-state index >= 15 is 0 Å². The predicted molar refractivity (Wildman–Crippen MR) is 235 cm³/mol. The molecule has 4 aromatic carbocycles. The second-order valence-electron chi connectivity index (χ2n) is 13.0. The number of halogens is 1. The minimum absolute atomic E-state index is 0.372. The second kappa shape index (κ2) is 19.4. The summed E-state index contributed by atoms with van der Waals surface area (Å²) in [4.78, 5) is 25.0. The van der Waals surface area contributed by atoms with Gasteiger partial charge in [-0.2, -0.15) is 0 Å². The first-order valence-corrected chi connectivity index (χ1v) is 18.6. The van der Waals surface area contributed by atoms with E-state index < -0.39 is 0 Å². The molecule has 11 heteroatoms. The smallest absolute Gasteiger partial charge is 0.173 e. The number of hydrogen-bond donors (Lipinski definition) is 4. The monoisotopic (exact) mass is 770 g/mol. The third-order valence-electron chi connectivity index (χ3n) is 8.71. The summed E-state index contributed by atoms with van der Waals surface area (Å²) in [6, 6.07) is 36.0. The minimum atomic E-state index is 0.372. The van der Waals surface area contributed by atoms with E-state index in [0.717, 1.165) is 22.7 Å². The molecule has 0 bridgehead atoms. The van der Waals surface area contributed by atoms with Gasteiger partial charge >= 0.3 is 0 Å². The first-order valence-electron chi connectivity index (χ1n) is 18.2. The van der Waals surface area contributed by atoms with Crippen molar-refractivity contribution in [2.24, 2.45) is 0 Å². The van der Waals surface area contributed by atoms with Gasteiger partial charge in [0.1, 0.15) is 0 Å². The molecule has 4 aromatic heterocycles. The lowest BCUT2D eigenvalue weighted by Gasteiger charge is -2.15. The Hall–Kier alpha value is -7.17. The fourth-order valence-electron chi connectivity index (χ4n) is 6.36. The molecule has 0 saturated carbocycles. The molecule has 0 saturated heterocycles. The zero-order valence-electron chi connectivity index (χ0n) is 32.1. The van der Waals surface area contributed by atoms with E-state index in [1.165, 1.54) is 44.5 Å². The molecule has 0 radical (unpaired) electrons. The third kappa shape index (κ3) is 11.0. The highest BCUT2D eigenvalue weighted by molar-refractivity contribution is 6.31. The van der Waals surface area contributed by atoms with Gasteiger partial charge in [-0.15, -0.1) is 0 Å². The molecule has 8 aromatic rings. The van der Waals surface area contributed by atoms with Crippen LogP contribution in [-0.4, -0.2) is 29.9 Å². The summed E-state index contributed by atoms with van der Waals surface area (Å²) in [5.41, 5.74) is 19.1. The molecule has 57 heavy (non-hydrogen) atoms. The zero-order valence-corrected chi connectivity index (χ0v) is 32.9. The molecule has 4 heterocycles. The Morgan fingerprint density at radius 3 is 1.23 bits per heavy atom.